The number of fused-ring (bicyclic) bond motifs is 1. The molecule has 1 N–H and O–H groups in total. The van der Waals surface area contributed by atoms with Crippen molar-refractivity contribution in [1.29, 1.82) is 0 Å². The number of amides is 2. The molecule has 0 bridgehead atoms. The normalized spacial score (nSPS) is 19.4. The van der Waals surface area contributed by atoms with Crippen LogP contribution in [-0.4, -0.2) is 42.5 Å². The van der Waals surface area contributed by atoms with Crippen molar-refractivity contribution in [2.45, 2.75) is 59.5 Å². The number of nitrogens with one attached hydrogen (secondary N) is 1. The first-order chi connectivity index (χ1) is 14.7. The van der Waals surface area contributed by atoms with E-state index in [0.717, 1.165) is 35.8 Å². The van der Waals surface area contributed by atoms with Crippen molar-refractivity contribution < 1.29 is 18.7 Å². The van der Waals surface area contributed by atoms with Crippen LogP contribution in [0.25, 0.3) is 11.0 Å². The van der Waals surface area contributed by atoms with Crippen molar-refractivity contribution in [2.75, 3.05) is 19.6 Å². The lowest BCUT2D eigenvalue weighted by atomic mass is 9.73. The fraction of sp³-hybridized carbons (Fsp3) is 0.542. The van der Waals surface area contributed by atoms with Gasteiger partial charge < -0.3 is 19.4 Å². The highest BCUT2D eigenvalue weighted by Gasteiger charge is 2.39. The number of hydrogen-bond acceptors (Lipinski definition) is 5. The number of benzene rings is 1. The number of likely N-dealkylation sites (tertiary alicyclic amines) is 1. The van der Waals surface area contributed by atoms with Gasteiger partial charge in [0.05, 0.1) is 5.39 Å². The summed E-state index contributed by atoms with van der Waals surface area (Å²) in [5.74, 6) is 0.637. The summed E-state index contributed by atoms with van der Waals surface area (Å²) in [4.78, 5) is 38.5. The summed E-state index contributed by atoms with van der Waals surface area (Å²) in [5.41, 5.74) is 2.48. The third kappa shape index (κ3) is 4.05. The van der Waals surface area contributed by atoms with Crippen LogP contribution in [-0.2, 0) is 9.59 Å². The van der Waals surface area contributed by atoms with E-state index in [4.69, 9.17) is 9.15 Å². The molecular formula is C24H30N2O5. The van der Waals surface area contributed by atoms with Crippen molar-refractivity contribution in [3.8, 4) is 5.75 Å². The second kappa shape index (κ2) is 8.02. The highest BCUT2D eigenvalue weighted by molar-refractivity contribution is 5.89. The second-order valence-electron chi connectivity index (χ2n) is 9.14. The number of hydrogen-bond donors (Lipinski definition) is 1. The van der Waals surface area contributed by atoms with Crippen molar-refractivity contribution >= 4 is 22.8 Å². The lowest BCUT2D eigenvalue weighted by molar-refractivity contribution is -0.141. The van der Waals surface area contributed by atoms with Gasteiger partial charge in [-0.2, -0.15) is 0 Å². The molecule has 2 fully saturated rings. The lowest BCUT2D eigenvalue weighted by Gasteiger charge is -2.44. The summed E-state index contributed by atoms with van der Waals surface area (Å²) in [7, 11) is 0. The van der Waals surface area contributed by atoms with Crippen LogP contribution >= 0.6 is 0 Å². The van der Waals surface area contributed by atoms with Gasteiger partial charge in [0.2, 0.25) is 5.91 Å². The zero-order valence-corrected chi connectivity index (χ0v) is 18.7. The minimum absolute atomic E-state index is 0.0453. The van der Waals surface area contributed by atoms with E-state index in [-0.39, 0.29) is 22.9 Å². The average molecular weight is 427 g/mol. The Kier molecular flexibility index (Phi) is 5.54. The Morgan fingerprint density at radius 3 is 2.48 bits per heavy atom. The van der Waals surface area contributed by atoms with Crippen LogP contribution in [0.2, 0.25) is 0 Å². The minimum Gasteiger partial charge on any atom is -0.480 e. The van der Waals surface area contributed by atoms with E-state index in [1.807, 2.05) is 30.9 Å². The van der Waals surface area contributed by atoms with Crippen molar-refractivity contribution in [1.82, 2.24) is 10.2 Å². The molecular weight excluding hydrogens is 396 g/mol. The van der Waals surface area contributed by atoms with Crippen molar-refractivity contribution in [3.05, 3.63) is 39.2 Å². The molecule has 0 aliphatic carbocycles. The Balaban J connectivity index is 1.50. The summed E-state index contributed by atoms with van der Waals surface area (Å²) >= 11 is 0. The summed E-state index contributed by atoms with van der Waals surface area (Å²) in [6.45, 7) is 9.32. The second-order valence-corrected chi connectivity index (χ2v) is 9.14. The van der Waals surface area contributed by atoms with E-state index in [9.17, 15) is 14.4 Å². The topological polar surface area (TPSA) is 88.9 Å². The summed E-state index contributed by atoms with van der Waals surface area (Å²) in [6, 6.07) is 3.70. The van der Waals surface area contributed by atoms with Crippen LogP contribution in [0.1, 0.15) is 49.3 Å². The summed E-state index contributed by atoms with van der Waals surface area (Å²) in [6.07, 6.45) is 2.59. The molecule has 0 saturated carbocycles. The molecule has 3 heterocycles. The molecule has 7 heteroatoms. The molecule has 2 saturated heterocycles. The molecule has 31 heavy (non-hydrogen) atoms. The molecule has 4 rings (SSSR count). The Bertz CT molecular complexity index is 1080. The van der Waals surface area contributed by atoms with E-state index in [1.165, 1.54) is 0 Å². The maximum Gasteiger partial charge on any atom is 0.339 e. The van der Waals surface area contributed by atoms with Gasteiger partial charge in [0.1, 0.15) is 11.3 Å². The standard InChI is InChI=1S/C24H30N2O5/c1-14-11-18(21-15(2)16(3)23(29)31-19(21)12-14)30-17(4)22(28)26-9-7-24(8-10-26)6-5-20(27)25-13-24/h11-12,17H,5-10,13H2,1-4H3,(H,25,27). The van der Waals surface area contributed by atoms with E-state index >= 15 is 0 Å². The highest BCUT2D eigenvalue weighted by Crippen LogP contribution is 2.38. The maximum atomic E-state index is 13.1. The van der Waals surface area contributed by atoms with Crippen LogP contribution in [0.3, 0.4) is 0 Å². The third-order valence-corrected chi connectivity index (χ3v) is 6.99. The number of rotatable bonds is 3. The monoisotopic (exact) mass is 426 g/mol. The molecule has 0 radical (unpaired) electrons. The first-order valence-electron chi connectivity index (χ1n) is 11.0. The number of ether oxygens (including phenoxy) is 1. The fourth-order valence-electron chi connectivity index (χ4n) is 4.75. The van der Waals surface area contributed by atoms with Gasteiger partial charge in [-0.05, 0) is 75.6 Å². The average Bonchev–Trinajstić information content (AvgIpc) is 2.74. The van der Waals surface area contributed by atoms with E-state index in [0.29, 0.717) is 43.0 Å². The molecule has 2 aromatic rings. The Morgan fingerprint density at radius 1 is 1.13 bits per heavy atom. The number of carbonyl (C=O) groups is 2. The molecule has 166 valence electrons. The molecule has 2 aliphatic rings. The predicted molar refractivity (Wildman–Crippen MR) is 117 cm³/mol. The van der Waals surface area contributed by atoms with Crippen LogP contribution in [0.4, 0.5) is 0 Å². The van der Waals surface area contributed by atoms with Gasteiger partial charge in [-0.15, -0.1) is 0 Å². The van der Waals surface area contributed by atoms with Gasteiger partial charge >= 0.3 is 5.63 Å². The first kappa shape index (κ1) is 21.4. The Labute approximate surface area is 181 Å². The third-order valence-electron chi connectivity index (χ3n) is 6.99. The van der Waals surface area contributed by atoms with Crippen LogP contribution < -0.4 is 15.7 Å². The molecule has 7 nitrogen and oxygen atoms in total. The van der Waals surface area contributed by atoms with Gasteiger partial charge in [0.25, 0.3) is 5.91 Å². The smallest absolute Gasteiger partial charge is 0.339 e. The zero-order chi connectivity index (χ0) is 22.3. The maximum absolute atomic E-state index is 13.1. The molecule has 1 aromatic carbocycles. The van der Waals surface area contributed by atoms with Crippen molar-refractivity contribution in [2.24, 2.45) is 5.41 Å². The van der Waals surface area contributed by atoms with Gasteiger partial charge in [-0.25, -0.2) is 4.79 Å². The largest absolute Gasteiger partial charge is 0.480 e. The predicted octanol–water partition coefficient (Wildman–Crippen LogP) is 3.00. The zero-order valence-electron chi connectivity index (χ0n) is 18.7. The summed E-state index contributed by atoms with van der Waals surface area (Å²) < 4.78 is 11.6. The SMILES string of the molecule is Cc1cc(OC(C)C(=O)N2CCC3(CCC(=O)NC3)CC2)c2c(C)c(C)c(=O)oc2c1. The molecule has 1 atom stereocenters. The molecule has 2 aliphatic heterocycles. The van der Waals surface area contributed by atoms with E-state index < -0.39 is 6.10 Å². The van der Waals surface area contributed by atoms with Gasteiger partial charge in [-0.3, -0.25) is 9.59 Å². The van der Waals surface area contributed by atoms with Gasteiger partial charge in [0, 0.05) is 31.6 Å². The number of nitrogens with zero attached hydrogens (tertiary/aromatic N) is 1. The first-order valence-corrected chi connectivity index (χ1v) is 11.0. The minimum atomic E-state index is -0.656. The fourth-order valence-corrected chi connectivity index (χ4v) is 4.75. The quantitative estimate of drug-likeness (QED) is 0.762. The van der Waals surface area contributed by atoms with Gasteiger partial charge in [-0.1, -0.05) is 0 Å². The van der Waals surface area contributed by atoms with Crippen LogP contribution in [0, 0.1) is 26.2 Å². The van der Waals surface area contributed by atoms with E-state index in [2.05, 4.69) is 5.32 Å². The molecule has 1 unspecified atom stereocenters. The van der Waals surface area contributed by atoms with Crippen molar-refractivity contribution in [3.63, 3.8) is 0 Å². The molecule has 2 amide bonds. The Morgan fingerprint density at radius 2 is 1.84 bits per heavy atom. The van der Waals surface area contributed by atoms with Crippen LogP contribution in [0.15, 0.2) is 21.3 Å². The summed E-state index contributed by atoms with van der Waals surface area (Å²) in [5, 5.41) is 3.71. The number of carbonyl (C=O) groups excluding carboxylic acids is 2. The van der Waals surface area contributed by atoms with E-state index in [1.54, 1.807) is 13.8 Å². The molecule has 1 spiro atoms. The lowest BCUT2D eigenvalue weighted by Crippen LogP contribution is -2.52. The number of piperidine rings is 2. The number of aryl methyl sites for hydroxylation is 2. The Hall–Kier alpha value is -2.83. The van der Waals surface area contributed by atoms with Crippen LogP contribution in [0.5, 0.6) is 5.75 Å². The van der Waals surface area contributed by atoms with Gasteiger partial charge in [0.15, 0.2) is 6.10 Å². The highest BCUT2D eigenvalue weighted by atomic mass is 16.5. The molecule has 1 aromatic heterocycles.